The van der Waals surface area contributed by atoms with Crippen LogP contribution in [0.15, 0.2) is 65.1 Å². The zero-order valence-electron chi connectivity index (χ0n) is 14.8. The Kier molecular flexibility index (Phi) is 6.04. The number of halogens is 2. The lowest BCUT2D eigenvalue weighted by molar-refractivity contribution is 0.102. The van der Waals surface area contributed by atoms with Gasteiger partial charge in [0.15, 0.2) is 0 Å². The number of anilines is 1. The summed E-state index contributed by atoms with van der Waals surface area (Å²) in [4.78, 5) is 12.7. The molecule has 0 fully saturated rings. The van der Waals surface area contributed by atoms with Gasteiger partial charge in [0.2, 0.25) is 0 Å². The summed E-state index contributed by atoms with van der Waals surface area (Å²) in [6, 6.07) is 17.9. The number of benzene rings is 3. The van der Waals surface area contributed by atoms with Crippen LogP contribution in [0.2, 0.25) is 5.02 Å². The Morgan fingerprint density at radius 1 is 1.00 bits per heavy atom. The highest BCUT2D eigenvalue weighted by Gasteiger charge is 2.16. The molecule has 0 aliphatic rings. The number of carbonyl (C=O) groups is 1. The number of ether oxygens (including phenoxy) is 2. The fourth-order valence-electron chi connectivity index (χ4n) is 2.61. The first-order chi connectivity index (χ1) is 13.0. The molecule has 0 heterocycles. The van der Waals surface area contributed by atoms with Crippen LogP contribution >= 0.6 is 27.5 Å². The molecule has 0 bridgehead atoms. The van der Waals surface area contributed by atoms with Crippen molar-refractivity contribution < 1.29 is 14.3 Å². The molecule has 138 valence electrons. The molecule has 0 aliphatic carbocycles. The van der Waals surface area contributed by atoms with Crippen molar-refractivity contribution in [3.05, 3.63) is 81.3 Å². The largest absolute Gasteiger partial charge is 0.496 e. The first-order valence-corrected chi connectivity index (χ1v) is 9.32. The van der Waals surface area contributed by atoms with Crippen LogP contribution in [-0.4, -0.2) is 13.0 Å². The number of nitrogens with one attached hydrogen (secondary N) is 1. The number of hydrogen-bond acceptors (Lipinski definition) is 3. The molecule has 3 aromatic carbocycles. The third-order valence-electron chi connectivity index (χ3n) is 3.85. The van der Waals surface area contributed by atoms with E-state index in [-0.39, 0.29) is 5.91 Å². The topological polar surface area (TPSA) is 47.6 Å². The normalized spacial score (nSPS) is 10.4. The second kappa shape index (κ2) is 8.46. The molecule has 0 spiro atoms. The van der Waals surface area contributed by atoms with Crippen LogP contribution in [0.25, 0.3) is 0 Å². The van der Waals surface area contributed by atoms with Gasteiger partial charge >= 0.3 is 0 Å². The van der Waals surface area contributed by atoms with Gasteiger partial charge < -0.3 is 14.8 Å². The average molecular weight is 447 g/mol. The quantitative estimate of drug-likeness (QED) is 0.489. The van der Waals surface area contributed by atoms with E-state index in [1.807, 2.05) is 13.0 Å². The van der Waals surface area contributed by atoms with Crippen LogP contribution in [0.4, 0.5) is 5.69 Å². The van der Waals surface area contributed by atoms with Crippen molar-refractivity contribution >= 4 is 39.1 Å². The van der Waals surface area contributed by atoms with Crippen LogP contribution in [0.3, 0.4) is 0 Å². The third-order valence-corrected chi connectivity index (χ3v) is 4.56. The monoisotopic (exact) mass is 445 g/mol. The van der Waals surface area contributed by atoms with Gasteiger partial charge in [-0.15, -0.1) is 0 Å². The van der Waals surface area contributed by atoms with Crippen LogP contribution in [0, 0.1) is 6.92 Å². The van der Waals surface area contributed by atoms with Gasteiger partial charge in [0.25, 0.3) is 5.91 Å². The summed E-state index contributed by atoms with van der Waals surface area (Å²) in [6.07, 6.45) is 0. The van der Waals surface area contributed by atoms with Crippen molar-refractivity contribution in [1.82, 2.24) is 0 Å². The molecule has 0 saturated heterocycles. The van der Waals surface area contributed by atoms with Crippen LogP contribution in [-0.2, 0) is 0 Å². The molecule has 0 saturated carbocycles. The highest BCUT2D eigenvalue weighted by molar-refractivity contribution is 9.10. The van der Waals surface area contributed by atoms with E-state index in [4.69, 9.17) is 21.1 Å². The molecule has 0 radical (unpaired) electrons. The van der Waals surface area contributed by atoms with Gasteiger partial charge in [-0.25, -0.2) is 0 Å². The zero-order valence-corrected chi connectivity index (χ0v) is 17.1. The molecular formula is C21H17BrClNO3. The summed E-state index contributed by atoms with van der Waals surface area (Å²) in [5, 5.41) is 3.52. The minimum atomic E-state index is -0.248. The number of aryl methyl sites for hydroxylation is 1. The Labute approximate surface area is 171 Å². The Morgan fingerprint density at radius 3 is 2.19 bits per heavy atom. The minimum Gasteiger partial charge on any atom is -0.496 e. The van der Waals surface area contributed by atoms with Gasteiger partial charge in [0, 0.05) is 15.2 Å². The summed E-state index contributed by atoms with van der Waals surface area (Å²) in [5.41, 5.74) is 2.00. The van der Waals surface area contributed by atoms with E-state index in [1.54, 1.807) is 61.7 Å². The van der Waals surface area contributed by atoms with E-state index in [1.165, 1.54) is 0 Å². The minimum absolute atomic E-state index is 0.248. The van der Waals surface area contributed by atoms with Crippen molar-refractivity contribution in [2.45, 2.75) is 6.92 Å². The SMILES string of the molecule is COc1c(C)cc(Br)cc1C(=O)Nc1ccc(Oc2ccc(Cl)cc2)cc1. The Balaban J connectivity index is 1.73. The van der Waals surface area contributed by atoms with Crippen LogP contribution in [0.1, 0.15) is 15.9 Å². The fourth-order valence-corrected chi connectivity index (χ4v) is 3.31. The Bertz CT molecular complexity index is 956. The van der Waals surface area contributed by atoms with Crippen molar-refractivity contribution in [3.8, 4) is 17.2 Å². The number of methoxy groups -OCH3 is 1. The van der Waals surface area contributed by atoms with Gasteiger partial charge in [-0.2, -0.15) is 0 Å². The lowest BCUT2D eigenvalue weighted by Gasteiger charge is -2.13. The number of hydrogen-bond donors (Lipinski definition) is 1. The van der Waals surface area contributed by atoms with Gasteiger partial charge in [-0.3, -0.25) is 4.79 Å². The number of rotatable bonds is 5. The highest BCUT2D eigenvalue weighted by Crippen LogP contribution is 2.29. The molecule has 3 aromatic rings. The van der Waals surface area contributed by atoms with Crippen LogP contribution in [0.5, 0.6) is 17.2 Å². The van der Waals surface area contributed by atoms with Crippen molar-refractivity contribution in [2.75, 3.05) is 12.4 Å². The van der Waals surface area contributed by atoms with E-state index >= 15 is 0 Å². The van der Waals surface area contributed by atoms with Crippen molar-refractivity contribution in [3.63, 3.8) is 0 Å². The second-order valence-corrected chi connectivity index (χ2v) is 7.19. The lowest BCUT2D eigenvalue weighted by atomic mass is 10.1. The maximum absolute atomic E-state index is 12.7. The molecule has 6 heteroatoms. The molecular weight excluding hydrogens is 430 g/mol. The van der Waals surface area contributed by atoms with E-state index in [2.05, 4.69) is 21.2 Å². The maximum atomic E-state index is 12.7. The first kappa shape index (κ1) is 19.3. The van der Waals surface area contributed by atoms with Gasteiger partial charge in [-0.05, 0) is 73.2 Å². The standard InChI is InChI=1S/C21H17BrClNO3/c1-13-11-14(22)12-19(20(13)26-2)21(25)24-16-5-9-18(10-6-16)27-17-7-3-15(23)4-8-17/h3-12H,1-2H3,(H,24,25). The molecule has 0 atom stereocenters. The Morgan fingerprint density at radius 2 is 1.59 bits per heavy atom. The van der Waals surface area contributed by atoms with Crippen LogP contribution < -0.4 is 14.8 Å². The molecule has 0 aliphatic heterocycles. The highest BCUT2D eigenvalue weighted by atomic mass is 79.9. The van der Waals surface area contributed by atoms with Gasteiger partial charge in [0.1, 0.15) is 17.2 Å². The number of carbonyl (C=O) groups excluding carboxylic acids is 1. The Hall–Kier alpha value is -2.50. The number of amides is 1. The van der Waals surface area contributed by atoms with E-state index in [0.29, 0.717) is 33.5 Å². The molecule has 27 heavy (non-hydrogen) atoms. The zero-order chi connectivity index (χ0) is 19.4. The van der Waals surface area contributed by atoms with E-state index in [9.17, 15) is 4.79 Å². The maximum Gasteiger partial charge on any atom is 0.259 e. The van der Waals surface area contributed by atoms with Gasteiger partial charge in [0.05, 0.1) is 12.7 Å². The first-order valence-electron chi connectivity index (χ1n) is 8.15. The second-order valence-electron chi connectivity index (χ2n) is 5.84. The van der Waals surface area contributed by atoms with E-state index in [0.717, 1.165) is 10.0 Å². The lowest BCUT2D eigenvalue weighted by Crippen LogP contribution is -2.13. The van der Waals surface area contributed by atoms with E-state index < -0.39 is 0 Å². The molecule has 1 N–H and O–H groups in total. The third kappa shape index (κ3) is 4.81. The molecule has 0 aromatic heterocycles. The molecule has 0 unspecified atom stereocenters. The van der Waals surface area contributed by atoms with Gasteiger partial charge in [-0.1, -0.05) is 27.5 Å². The molecule has 1 amide bonds. The predicted molar refractivity (Wildman–Crippen MR) is 111 cm³/mol. The average Bonchev–Trinajstić information content (AvgIpc) is 2.64. The smallest absolute Gasteiger partial charge is 0.259 e. The van der Waals surface area contributed by atoms with Crippen molar-refractivity contribution in [1.29, 1.82) is 0 Å². The summed E-state index contributed by atoms with van der Waals surface area (Å²) < 4.78 is 11.9. The summed E-state index contributed by atoms with van der Waals surface area (Å²) in [5.74, 6) is 1.65. The predicted octanol–water partition coefficient (Wildman–Crippen LogP) is 6.46. The van der Waals surface area contributed by atoms with Crippen molar-refractivity contribution in [2.24, 2.45) is 0 Å². The molecule has 4 nitrogen and oxygen atoms in total. The summed E-state index contributed by atoms with van der Waals surface area (Å²) in [7, 11) is 1.55. The summed E-state index contributed by atoms with van der Waals surface area (Å²) in [6.45, 7) is 1.89. The molecule has 3 rings (SSSR count). The summed E-state index contributed by atoms with van der Waals surface area (Å²) >= 11 is 9.28. The fraction of sp³-hybridized carbons (Fsp3) is 0.0952.